The number of hydrogen-bond acceptors (Lipinski definition) is 2. The van der Waals surface area contributed by atoms with Crippen molar-refractivity contribution >= 4 is 119 Å². The Labute approximate surface area is 811 Å². The first-order chi connectivity index (χ1) is 69.5. The van der Waals surface area contributed by atoms with E-state index in [0.717, 1.165) is 33.3 Å². The third-order valence-electron chi connectivity index (χ3n) is 32.0. The second-order valence-corrected chi connectivity index (χ2v) is 39.5. The van der Waals surface area contributed by atoms with E-state index < -0.39 is 0 Å². The Bertz CT molecular complexity index is 9490. The van der Waals surface area contributed by atoms with Gasteiger partial charge in [-0.25, -0.2) is 0 Å². The molecule has 0 unspecified atom stereocenters. The largest absolute Gasteiger partial charge is 0.454 e. The van der Waals surface area contributed by atoms with Crippen LogP contribution >= 0.6 is 11.3 Å². The Hall–Kier alpha value is -17.7. The normalized spacial score (nSPS) is 13.7. The minimum atomic E-state index is -0.371. The van der Waals surface area contributed by atoms with Crippen LogP contribution in [0.3, 0.4) is 0 Å². The molecule has 0 fully saturated rings. The van der Waals surface area contributed by atoms with Gasteiger partial charge in [0.05, 0.1) is 65.4 Å². The van der Waals surface area contributed by atoms with Gasteiger partial charge in [-0.15, -0.1) is 11.3 Å². The number of rotatable bonds is 5. The molecule has 22 aromatic carbocycles. The average molecular weight is 1790 g/mol. The van der Waals surface area contributed by atoms with Crippen molar-refractivity contribution in [3.8, 4) is 106 Å². The van der Waals surface area contributed by atoms with Crippen LogP contribution in [0.1, 0.15) is 66.8 Å². The molecule has 140 heavy (non-hydrogen) atoms. The Morgan fingerprint density at radius 1 is 0.171 bits per heavy atom. The van der Waals surface area contributed by atoms with Crippen molar-refractivity contribution in [2.24, 2.45) is 0 Å². The van der Waals surface area contributed by atoms with Gasteiger partial charge in [0, 0.05) is 64.2 Å². The van der Waals surface area contributed by atoms with Crippen LogP contribution in [0.5, 0.6) is 0 Å². The van der Waals surface area contributed by atoms with Gasteiger partial charge in [-0.1, -0.05) is 394 Å². The predicted octanol–water partition coefficient (Wildman–Crippen LogP) is 35.0. The van der Waals surface area contributed by atoms with Crippen molar-refractivity contribution in [2.45, 2.75) is 16.2 Å². The van der Waals surface area contributed by atoms with E-state index in [0.29, 0.717) is 0 Å². The number of aromatic nitrogens is 3. The monoisotopic (exact) mass is 1790 g/mol. The van der Waals surface area contributed by atoms with Crippen LogP contribution in [0.15, 0.2) is 496 Å². The molecule has 6 aliphatic rings. The summed E-state index contributed by atoms with van der Waals surface area (Å²) in [4.78, 5) is 0. The van der Waals surface area contributed by atoms with Gasteiger partial charge >= 0.3 is 0 Å². The minimum Gasteiger partial charge on any atom is -0.454 e. The molecule has 5 heterocycles. The Morgan fingerprint density at radius 2 is 0.464 bits per heavy atom. The smallest absolute Gasteiger partial charge is 0.159 e. The highest BCUT2D eigenvalue weighted by molar-refractivity contribution is 7.26. The summed E-state index contributed by atoms with van der Waals surface area (Å²) in [7, 11) is 0. The first-order valence-corrected chi connectivity index (χ1v) is 49.5. The summed E-state index contributed by atoms with van der Waals surface area (Å²) < 4.78 is 16.7. The van der Waals surface area contributed by atoms with Crippen molar-refractivity contribution in [3.63, 3.8) is 0 Å². The van der Waals surface area contributed by atoms with Crippen LogP contribution in [0.2, 0.25) is 0 Å². The topological polar surface area (TPSA) is 27.9 Å². The highest BCUT2D eigenvalue weighted by Crippen LogP contribution is 2.68. The molecule has 0 N–H and O–H groups in total. The number of benzene rings is 22. The van der Waals surface area contributed by atoms with E-state index in [1.807, 2.05) is 17.4 Å². The Kier molecular flexibility index (Phi) is 16.1. The molecule has 5 heteroatoms. The molecule has 0 atom stereocenters. The van der Waals surface area contributed by atoms with Gasteiger partial charge in [0.2, 0.25) is 0 Å². The van der Waals surface area contributed by atoms with Crippen molar-refractivity contribution in [1.82, 2.24) is 13.7 Å². The van der Waals surface area contributed by atoms with E-state index in [1.54, 1.807) is 0 Å². The number of furan rings is 1. The molecular weight excluding hydrogens is 1710 g/mol. The highest BCUT2D eigenvalue weighted by atomic mass is 32.1. The Morgan fingerprint density at radius 3 is 0.864 bits per heavy atom. The van der Waals surface area contributed by atoms with Crippen molar-refractivity contribution in [3.05, 3.63) is 558 Å². The van der Waals surface area contributed by atoms with Gasteiger partial charge in [-0.05, 0) is 253 Å². The molecule has 0 saturated carbocycles. The SMILES string of the molecule is c1ccc(-c2cc(-c3ccccc3)cc(-n3c4ccccc4c4cc5c(cc43)-c3ccccc3C53c4ccccc4-c4ccccc43)c2)cc1.c1ccc2c(c1)-c1ccccc1C21c2ccccc2-c2cc3c(cc21)c1ccccc1n3-c1cccc2c1oc1ccccc12.c1ccc2c(c1)-c1ccccc1C21c2ccccc2-c2cc3c(cc21)c1ccccc1n3-c1cccc2c1sc1ccccc12. The standard InChI is InChI=1S/C49H31N.C43H25NO.C43H25NS/c1-3-15-32(16-4-1)34-27-35(33-17-5-2-6-18-33)29-36(28-34)50-47-26-14-10-22-40(47)42-30-46-41(31-48(42)50)39-21-9-13-25-45(39)49(46)43-23-11-7-19-37(43)38-20-8-12-24-44(38)49;2*1-6-18-34-26(12-1)27-13-2-7-19-35(27)43(34)36-20-8-3-14-28(36)32-25-40-33(24-37(32)43)29-15-4-9-21-38(29)44(40)39-22-11-17-31-30-16-5-10-23-41(30)45-42(31)39/h1-31H;2*1-25H. The van der Waals surface area contributed by atoms with E-state index in [4.69, 9.17) is 4.42 Å². The molecule has 6 aliphatic carbocycles. The molecule has 0 bridgehead atoms. The fraction of sp³-hybridized carbons (Fsp3) is 0.0222. The minimum absolute atomic E-state index is 0.345. The molecular formula is C135H81N3OS. The molecule has 27 aromatic rings. The van der Waals surface area contributed by atoms with Crippen LogP contribution in [-0.2, 0) is 16.2 Å². The molecule has 3 spiro atoms. The van der Waals surface area contributed by atoms with Gasteiger partial charge in [-0.2, -0.15) is 0 Å². The molecule has 0 saturated heterocycles. The summed E-state index contributed by atoms with van der Waals surface area (Å²) in [6.07, 6.45) is 0. The molecule has 4 nitrogen and oxygen atoms in total. The first kappa shape index (κ1) is 77.5. The third kappa shape index (κ3) is 10.3. The average Bonchev–Trinajstić information content (AvgIpc) is 1.52. The van der Waals surface area contributed by atoms with Gasteiger partial charge in [0.15, 0.2) is 5.58 Å². The number of para-hydroxylation sites is 5. The van der Waals surface area contributed by atoms with E-state index in [1.165, 1.54) is 247 Å². The number of nitrogens with zero attached hydrogens (tertiary/aromatic N) is 3. The summed E-state index contributed by atoms with van der Waals surface area (Å²) in [6, 6.07) is 182. The Balaban J connectivity index is 0.0000000969. The lowest BCUT2D eigenvalue weighted by atomic mass is 9.70. The van der Waals surface area contributed by atoms with Crippen LogP contribution < -0.4 is 0 Å². The number of hydrogen-bond donors (Lipinski definition) is 0. The number of thiophene rings is 1. The predicted molar refractivity (Wildman–Crippen MR) is 582 cm³/mol. The molecule has 0 radical (unpaired) electrons. The molecule has 0 aliphatic heterocycles. The molecule has 5 aromatic heterocycles. The summed E-state index contributed by atoms with van der Waals surface area (Å²) >= 11 is 1.90. The summed E-state index contributed by atoms with van der Waals surface area (Å²) in [5.74, 6) is 0. The van der Waals surface area contributed by atoms with Gasteiger partial charge in [0.1, 0.15) is 5.58 Å². The second-order valence-electron chi connectivity index (χ2n) is 38.5. The van der Waals surface area contributed by atoms with Crippen LogP contribution in [0, 0.1) is 0 Å². The van der Waals surface area contributed by atoms with Gasteiger partial charge < -0.3 is 18.1 Å². The van der Waals surface area contributed by atoms with Crippen LogP contribution in [-0.4, -0.2) is 13.7 Å². The van der Waals surface area contributed by atoms with Crippen molar-refractivity contribution in [1.29, 1.82) is 0 Å². The zero-order valence-corrected chi connectivity index (χ0v) is 76.7. The third-order valence-corrected chi connectivity index (χ3v) is 33.2. The summed E-state index contributed by atoms with van der Waals surface area (Å²) in [6.45, 7) is 0. The second kappa shape index (κ2) is 29.2. The van der Waals surface area contributed by atoms with Crippen molar-refractivity contribution in [2.75, 3.05) is 0 Å². The fourth-order valence-electron chi connectivity index (χ4n) is 26.6. The van der Waals surface area contributed by atoms with Gasteiger partial charge in [0.25, 0.3) is 0 Å². The lowest BCUT2D eigenvalue weighted by Gasteiger charge is -2.30. The molecule has 33 rings (SSSR count). The van der Waals surface area contributed by atoms with Crippen LogP contribution in [0.4, 0.5) is 0 Å². The lowest BCUT2D eigenvalue weighted by Crippen LogP contribution is -2.25. The van der Waals surface area contributed by atoms with Crippen molar-refractivity contribution < 1.29 is 4.42 Å². The molecule has 0 amide bonds. The number of fused-ring (bicyclic) bond motifs is 45. The zero-order valence-electron chi connectivity index (χ0n) is 75.9. The van der Waals surface area contributed by atoms with E-state index >= 15 is 0 Å². The maximum Gasteiger partial charge on any atom is 0.159 e. The van der Waals surface area contributed by atoms with E-state index in [-0.39, 0.29) is 16.2 Å². The quantitative estimate of drug-likeness (QED) is 0.169. The van der Waals surface area contributed by atoms with E-state index in [9.17, 15) is 0 Å². The summed E-state index contributed by atoms with van der Waals surface area (Å²) in [5.41, 5.74) is 48.7. The maximum absolute atomic E-state index is 6.59. The summed E-state index contributed by atoms with van der Waals surface area (Å²) in [5, 5.41) is 12.6. The van der Waals surface area contributed by atoms with E-state index in [2.05, 4.69) is 499 Å². The zero-order chi connectivity index (χ0) is 91.4. The fourth-order valence-corrected chi connectivity index (χ4v) is 27.8. The lowest BCUT2D eigenvalue weighted by molar-refractivity contribution is 0.666. The first-order valence-electron chi connectivity index (χ1n) is 48.7. The molecule has 648 valence electrons. The van der Waals surface area contributed by atoms with Crippen LogP contribution in [0.25, 0.3) is 214 Å². The highest BCUT2D eigenvalue weighted by Gasteiger charge is 2.55. The maximum atomic E-state index is 6.59. The van der Waals surface area contributed by atoms with Gasteiger partial charge in [-0.3, -0.25) is 0 Å².